The topological polar surface area (TPSA) is 95.7 Å². The number of carbonyl (C=O) groups excluding carboxylic acids is 1. The van der Waals surface area contributed by atoms with E-state index in [0.29, 0.717) is 28.6 Å². The predicted molar refractivity (Wildman–Crippen MR) is 111 cm³/mol. The molecular formula is C22H25N3O5. The van der Waals surface area contributed by atoms with Gasteiger partial charge in [-0.1, -0.05) is 17.3 Å². The molecule has 2 aromatic carbocycles. The third kappa shape index (κ3) is 4.89. The number of hydrogen-bond acceptors (Lipinski definition) is 7. The third-order valence-corrected chi connectivity index (χ3v) is 4.55. The number of hydrogen-bond donors (Lipinski definition) is 1. The maximum atomic E-state index is 12.4. The minimum atomic E-state index is -0.672. The van der Waals surface area contributed by atoms with Crippen LogP contribution in [0.3, 0.4) is 0 Å². The number of nitrogens with zero attached hydrogens (tertiary/aromatic N) is 2. The zero-order valence-electron chi connectivity index (χ0n) is 17.7. The van der Waals surface area contributed by atoms with Gasteiger partial charge in [0.05, 0.1) is 26.3 Å². The van der Waals surface area contributed by atoms with E-state index in [0.717, 1.165) is 11.1 Å². The maximum absolute atomic E-state index is 12.4. The van der Waals surface area contributed by atoms with E-state index in [1.807, 2.05) is 32.0 Å². The highest BCUT2D eigenvalue weighted by Crippen LogP contribution is 2.31. The van der Waals surface area contributed by atoms with Gasteiger partial charge >= 0.3 is 0 Å². The Morgan fingerprint density at radius 2 is 1.90 bits per heavy atom. The fraction of sp³-hybridized carbons (Fsp3) is 0.318. The normalized spacial score (nSPS) is 11.6. The molecule has 30 heavy (non-hydrogen) atoms. The van der Waals surface area contributed by atoms with Crippen molar-refractivity contribution in [2.45, 2.75) is 33.4 Å². The van der Waals surface area contributed by atoms with Gasteiger partial charge in [-0.2, -0.15) is 4.98 Å². The molecule has 0 fully saturated rings. The lowest BCUT2D eigenvalue weighted by atomic mass is 10.1. The lowest BCUT2D eigenvalue weighted by Crippen LogP contribution is -2.36. The molecule has 0 unspecified atom stereocenters. The fourth-order valence-electron chi connectivity index (χ4n) is 2.80. The number of methoxy groups -OCH3 is 2. The first-order valence-corrected chi connectivity index (χ1v) is 9.48. The van der Waals surface area contributed by atoms with Crippen molar-refractivity contribution in [3.63, 3.8) is 0 Å². The van der Waals surface area contributed by atoms with Crippen LogP contribution in [0.5, 0.6) is 17.2 Å². The second kappa shape index (κ2) is 9.30. The first kappa shape index (κ1) is 21.2. The maximum Gasteiger partial charge on any atom is 0.261 e. The summed E-state index contributed by atoms with van der Waals surface area (Å²) >= 11 is 0. The van der Waals surface area contributed by atoms with Crippen LogP contribution in [0.2, 0.25) is 0 Å². The Morgan fingerprint density at radius 1 is 1.10 bits per heavy atom. The number of aromatic nitrogens is 2. The average molecular weight is 411 g/mol. The summed E-state index contributed by atoms with van der Waals surface area (Å²) in [6.07, 6.45) is -0.672. The van der Waals surface area contributed by atoms with Gasteiger partial charge in [0, 0.05) is 6.07 Å². The average Bonchev–Trinajstić information content (AvgIpc) is 3.22. The number of ether oxygens (including phenoxy) is 3. The Morgan fingerprint density at radius 3 is 2.63 bits per heavy atom. The standard InChI is InChI=1S/C22H25N3O5/c1-13-6-7-14(2)18(10-13)29-15(3)22(26)23-12-20-24-21(25-30-20)17-9-8-16(27-4)11-19(17)28-5/h6-11,15H,12H2,1-5H3,(H,23,26)/t15-/m0/s1. The van der Waals surface area contributed by atoms with E-state index < -0.39 is 6.10 Å². The molecule has 0 saturated heterocycles. The summed E-state index contributed by atoms with van der Waals surface area (Å²) in [6.45, 7) is 5.69. The molecule has 0 radical (unpaired) electrons. The predicted octanol–water partition coefficient (Wildman–Crippen LogP) is 3.45. The van der Waals surface area contributed by atoms with Crippen molar-refractivity contribution in [2.75, 3.05) is 14.2 Å². The molecule has 8 heteroatoms. The minimum Gasteiger partial charge on any atom is -0.497 e. The first-order chi connectivity index (χ1) is 14.4. The molecule has 1 atom stereocenters. The van der Waals surface area contributed by atoms with E-state index in [-0.39, 0.29) is 18.3 Å². The van der Waals surface area contributed by atoms with E-state index in [1.165, 1.54) is 0 Å². The van der Waals surface area contributed by atoms with Crippen LogP contribution in [0.15, 0.2) is 40.9 Å². The van der Waals surface area contributed by atoms with Gasteiger partial charge in [0.1, 0.15) is 17.2 Å². The van der Waals surface area contributed by atoms with E-state index in [1.54, 1.807) is 39.3 Å². The molecule has 1 heterocycles. The smallest absolute Gasteiger partial charge is 0.261 e. The van der Waals surface area contributed by atoms with Crippen LogP contribution in [-0.2, 0) is 11.3 Å². The summed E-state index contributed by atoms with van der Waals surface area (Å²) in [4.78, 5) is 16.7. The zero-order valence-corrected chi connectivity index (χ0v) is 17.7. The van der Waals surface area contributed by atoms with E-state index >= 15 is 0 Å². The van der Waals surface area contributed by atoms with Crippen molar-refractivity contribution in [1.82, 2.24) is 15.5 Å². The Hall–Kier alpha value is -3.55. The van der Waals surface area contributed by atoms with Gasteiger partial charge in [-0.3, -0.25) is 4.79 Å². The van der Waals surface area contributed by atoms with E-state index in [2.05, 4.69) is 15.5 Å². The molecule has 8 nitrogen and oxygen atoms in total. The molecule has 3 aromatic rings. The molecule has 1 N–H and O–H groups in total. The molecule has 0 saturated carbocycles. The van der Waals surface area contributed by atoms with Gasteiger partial charge < -0.3 is 24.1 Å². The van der Waals surface area contributed by atoms with Gasteiger partial charge in [-0.05, 0) is 50.1 Å². The number of aryl methyl sites for hydroxylation is 2. The van der Waals surface area contributed by atoms with Crippen LogP contribution in [0.1, 0.15) is 23.9 Å². The molecule has 0 aliphatic rings. The third-order valence-electron chi connectivity index (χ3n) is 4.55. The second-order valence-corrected chi connectivity index (χ2v) is 6.82. The van der Waals surface area contributed by atoms with Crippen LogP contribution < -0.4 is 19.5 Å². The molecule has 158 valence electrons. The quantitative estimate of drug-likeness (QED) is 0.606. The highest BCUT2D eigenvalue weighted by molar-refractivity contribution is 5.80. The van der Waals surface area contributed by atoms with Gasteiger partial charge in [0.15, 0.2) is 6.10 Å². The Kier molecular flexibility index (Phi) is 6.56. The van der Waals surface area contributed by atoms with Gasteiger partial charge in [0.2, 0.25) is 11.7 Å². The number of benzene rings is 2. The summed E-state index contributed by atoms with van der Waals surface area (Å²) in [7, 11) is 3.13. The monoisotopic (exact) mass is 411 g/mol. The van der Waals surface area contributed by atoms with Crippen LogP contribution in [0.25, 0.3) is 11.4 Å². The first-order valence-electron chi connectivity index (χ1n) is 9.48. The largest absolute Gasteiger partial charge is 0.497 e. The van der Waals surface area contributed by atoms with E-state index in [4.69, 9.17) is 18.7 Å². The molecule has 0 spiro atoms. The highest BCUT2D eigenvalue weighted by Gasteiger charge is 2.18. The van der Waals surface area contributed by atoms with Crippen molar-refractivity contribution in [3.05, 3.63) is 53.4 Å². The van der Waals surface area contributed by atoms with Crippen molar-refractivity contribution >= 4 is 5.91 Å². The summed E-state index contributed by atoms with van der Waals surface area (Å²) in [5.41, 5.74) is 2.69. The van der Waals surface area contributed by atoms with Crippen molar-refractivity contribution in [3.8, 4) is 28.6 Å². The molecule has 0 aliphatic heterocycles. The van der Waals surface area contributed by atoms with Crippen LogP contribution in [-0.4, -0.2) is 36.4 Å². The zero-order chi connectivity index (χ0) is 21.7. The second-order valence-electron chi connectivity index (χ2n) is 6.82. The molecule has 1 aromatic heterocycles. The van der Waals surface area contributed by atoms with Gasteiger partial charge in [0.25, 0.3) is 5.91 Å². The van der Waals surface area contributed by atoms with Crippen molar-refractivity contribution in [1.29, 1.82) is 0 Å². The van der Waals surface area contributed by atoms with Crippen LogP contribution in [0.4, 0.5) is 0 Å². The molecular weight excluding hydrogens is 386 g/mol. The summed E-state index contributed by atoms with van der Waals surface area (Å²) in [5.74, 6) is 2.25. The van der Waals surface area contributed by atoms with Crippen molar-refractivity contribution < 1.29 is 23.5 Å². The lowest BCUT2D eigenvalue weighted by molar-refractivity contribution is -0.127. The highest BCUT2D eigenvalue weighted by atomic mass is 16.5. The molecule has 3 rings (SSSR count). The van der Waals surface area contributed by atoms with Crippen LogP contribution >= 0.6 is 0 Å². The van der Waals surface area contributed by atoms with Gasteiger partial charge in [-0.25, -0.2) is 0 Å². The summed E-state index contributed by atoms with van der Waals surface area (Å²) < 4.78 is 21.6. The number of carbonyl (C=O) groups is 1. The van der Waals surface area contributed by atoms with Crippen molar-refractivity contribution in [2.24, 2.45) is 0 Å². The van der Waals surface area contributed by atoms with Gasteiger partial charge in [-0.15, -0.1) is 0 Å². The SMILES string of the molecule is COc1ccc(-c2noc(CNC(=O)[C@H](C)Oc3cc(C)ccc3C)n2)c(OC)c1. The number of amides is 1. The molecule has 0 bridgehead atoms. The Balaban J connectivity index is 1.62. The van der Waals surface area contributed by atoms with E-state index in [9.17, 15) is 4.79 Å². The molecule has 0 aliphatic carbocycles. The molecule has 1 amide bonds. The van der Waals surface area contributed by atoms with Crippen LogP contribution in [0, 0.1) is 13.8 Å². The lowest BCUT2D eigenvalue weighted by Gasteiger charge is -2.16. The number of nitrogens with one attached hydrogen (secondary N) is 1. The number of rotatable bonds is 8. The summed E-state index contributed by atoms with van der Waals surface area (Å²) in [5, 5.41) is 6.73. The Labute approximate surface area is 175 Å². The minimum absolute atomic E-state index is 0.0881. The fourth-order valence-corrected chi connectivity index (χ4v) is 2.80. The summed E-state index contributed by atoms with van der Waals surface area (Å²) in [6, 6.07) is 11.2. The Bertz CT molecular complexity index is 1030.